The van der Waals surface area contributed by atoms with Crippen LogP contribution in [0.25, 0.3) is 33.0 Å². The molecule has 172 valence electrons. The van der Waals surface area contributed by atoms with E-state index in [1.807, 2.05) is 77.1 Å². The number of para-hydroxylation sites is 2. The molecule has 8 nitrogen and oxygen atoms in total. The normalized spacial score (nSPS) is 23.0. The van der Waals surface area contributed by atoms with Crippen LogP contribution in [0.3, 0.4) is 0 Å². The maximum atomic E-state index is 13.1. The summed E-state index contributed by atoms with van der Waals surface area (Å²) in [6.45, 7) is -0.156. The zero-order valence-electron chi connectivity index (χ0n) is 18.6. The highest BCUT2D eigenvalue weighted by molar-refractivity contribution is 6.50. The molecule has 0 bridgehead atoms. The van der Waals surface area contributed by atoms with Gasteiger partial charge in [0.2, 0.25) is 0 Å². The first-order valence-electron chi connectivity index (χ1n) is 11.2. The lowest BCUT2D eigenvalue weighted by atomic mass is 9.95. The van der Waals surface area contributed by atoms with Crippen LogP contribution in [0, 0.1) is 0 Å². The number of hydrogen-bond acceptors (Lipinski definition) is 5. The number of benzene rings is 2. The molecule has 0 saturated carbocycles. The Morgan fingerprint density at radius 2 is 1.56 bits per heavy atom. The third-order valence-corrected chi connectivity index (χ3v) is 6.88. The Balaban J connectivity index is 1.59. The molecule has 0 aliphatic carbocycles. The van der Waals surface area contributed by atoms with Crippen LogP contribution in [-0.2, 0) is 21.4 Å². The van der Waals surface area contributed by atoms with Crippen LogP contribution in [0.15, 0.2) is 60.9 Å². The van der Waals surface area contributed by atoms with Gasteiger partial charge in [0.15, 0.2) is 0 Å². The molecule has 2 aliphatic rings. The molecule has 2 aliphatic heterocycles. The van der Waals surface area contributed by atoms with Crippen molar-refractivity contribution in [2.45, 2.75) is 24.8 Å². The fraction of sp³-hybridized carbons (Fsp3) is 0.231. The average molecular weight is 457 g/mol. The number of fused-ring (bicyclic) bond motifs is 2. The predicted octanol–water partition coefficient (Wildman–Crippen LogP) is 2.31. The summed E-state index contributed by atoms with van der Waals surface area (Å²) < 4.78 is 9.92. The number of aliphatic hydroxyl groups is 1. The number of carbonyl (C=O) groups excluding carboxylic acids is 2. The number of nitrogens with two attached hydrogens (primary N) is 1. The van der Waals surface area contributed by atoms with Crippen molar-refractivity contribution in [2.24, 2.45) is 12.8 Å². The summed E-state index contributed by atoms with van der Waals surface area (Å²) >= 11 is 0. The van der Waals surface area contributed by atoms with Gasteiger partial charge >= 0.3 is 0 Å². The molecule has 2 amide bonds. The number of ether oxygens (including phenoxy) is 1. The monoisotopic (exact) mass is 456 g/mol. The van der Waals surface area contributed by atoms with Gasteiger partial charge in [-0.3, -0.25) is 14.9 Å². The number of amides is 2. The average Bonchev–Trinajstić information content (AvgIpc) is 3.56. The first kappa shape index (κ1) is 20.9. The van der Waals surface area contributed by atoms with Crippen LogP contribution >= 0.6 is 0 Å². The Labute approximate surface area is 195 Å². The molecule has 0 spiro atoms. The van der Waals surface area contributed by atoms with E-state index >= 15 is 0 Å². The van der Waals surface area contributed by atoms with Gasteiger partial charge in [-0.1, -0.05) is 36.4 Å². The van der Waals surface area contributed by atoms with Crippen LogP contribution in [0.5, 0.6) is 0 Å². The van der Waals surface area contributed by atoms with Gasteiger partial charge in [0.05, 0.1) is 29.4 Å². The molecule has 0 radical (unpaired) electrons. The minimum absolute atomic E-state index is 0.156. The maximum absolute atomic E-state index is 13.1. The van der Waals surface area contributed by atoms with Crippen LogP contribution in [0.1, 0.15) is 23.8 Å². The number of rotatable bonds is 4. The van der Waals surface area contributed by atoms with Crippen molar-refractivity contribution < 1.29 is 19.4 Å². The minimum atomic E-state index is -0.448. The summed E-state index contributed by atoms with van der Waals surface area (Å²) in [4.78, 5) is 26.2. The fourth-order valence-electron chi connectivity index (χ4n) is 5.25. The zero-order valence-corrected chi connectivity index (χ0v) is 18.6. The highest BCUT2D eigenvalue weighted by Gasteiger charge is 2.37. The third kappa shape index (κ3) is 2.96. The van der Waals surface area contributed by atoms with Crippen molar-refractivity contribution in [3.63, 3.8) is 0 Å². The van der Waals surface area contributed by atoms with Crippen molar-refractivity contribution in [1.82, 2.24) is 14.5 Å². The quantitative estimate of drug-likeness (QED) is 0.408. The molecular weight excluding hydrogens is 432 g/mol. The van der Waals surface area contributed by atoms with E-state index in [2.05, 4.69) is 5.32 Å². The highest BCUT2D eigenvalue weighted by Crippen LogP contribution is 2.40. The van der Waals surface area contributed by atoms with E-state index in [0.29, 0.717) is 28.7 Å². The highest BCUT2D eigenvalue weighted by atomic mass is 16.5. The van der Waals surface area contributed by atoms with Crippen molar-refractivity contribution in [1.29, 1.82) is 0 Å². The third-order valence-electron chi connectivity index (χ3n) is 6.88. The van der Waals surface area contributed by atoms with E-state index in [1.165, 1.54) is 0 Å². The van der Waals surface area contributed by atoms with Gasteiger partial charge in [-0.15, -0.1) is 0 Å². The van der Waals surface area contributed by atoms with Crippen molar-refractivity contribution in [3.8, 4) is 0 Å². The molecule has 6 rings (SSSR count). The fourth-order valence-corrected chi connectivity index (χ4v) is 5.25. The molecule has 4 N–H and O–H groups in total. The van der Waals surface area contributed by atoms with Crippen molar-refractivity contribution in [3.05, 3.63) is 72.1 Å². The summed E-state index contributed by atoms with van der Waals surface area (Å²) in [7, 11) is 1.92. The predicted molar refractivity (Wildman–Crippen MR) is 128 cm³/mol. The Morgan fingerprint density at radius 3 is 2.21 bits per heavy atom. The second kappa shape index (κ2) is 7.66. The molecule has 1 saturated heterocycles. The molecule has 2 aromatic carbocycles. The van der Waals surface area contributed by atoms with Gasteiger partial charge in [-0.05, 0) is 12.1 Å². The van der Waals surface area contributed by atoms with E-state index in [4.69, 9.17) is 10.5 Å². The van der Waals surface area contributed by atoms with Gasteiger partial charge in [0.25, 0.3) is 11.8 Å². The molecule has 0 unspecified atom stereocenters. The number of nitrogens with one attached hydrogen (secondary N) is 1. The summed E-state index contributed by atoms with van der Waals surface area (Å²) in [5.74, 6) is -0.833. The van der Waals surface area contributed by atoms with Crippen LogP contribution in [0.4, 0.5) is 0 Å². The molecular formula is C26H24N4O4. The second-order valence-corrected chi connectivity index (χ2v) is 8.88. The summed E-state index contributed by atoms with van der Waals surface area (Å²) in [5, 5.41) is 13.8. The Bertz CT molecular complexity index is 1510. The Hall–Kier alpha value is -3.72. The summed E-state index contributed by atoms with van der Waals surface area (Å²) in [6.07, 6.45) is 3.45. The number of aliphatic hydroxyl groups excluding tert-OH is 1. The lowest BCUT2D eigenvalue weighted by molar-refractivity contribution is -0.122. The first-order valence-corrected chi connectivity index (χ1v) is 11.2. The van der Waals surface area contributed by atoms with Gasteiger partial charge in [-0.2, -0.15) is 0 Å². The van der Waals surface area contributed by atoms with Gasteiger partial charge < -0.3 is 24.7 Å². The van der Waals surface area contributed by atoms with Crippen LogP contribution < -0.4 is 11.1 Å². The van der Waals surface area contributed by atoms with E-state index in [0.717, 1.165) is 21.8 Å². The second-order valence-electron chi connectivity index (χ2n) is 8.88. The van der Waals surface area contributed by atoms with E-state index in [9.17, 15) is 14.7 Å². The topological polar surface area (TPSA) is 112 Å². The lowest BCUT2D eigenvalue weighted by Crippen LogP contribution is -2.32. The minimum Gasteiger partial charge on any atom is -0.394 e. The summed E-state index contributed by atoms with van der Waals surface area (Å²) in [6, 6.07) is 15.2. The van der Waals surface area contributed by atoms with Gasteiger partial charge in [0.1, 0.15) is 6.23 Å². The van der Waals surface area contributed by atoms with Crippen molar-refractivity contribution >= 4 is 44.8 Å². The molecule has 3 atom stereocenters. The van der Waals surface area contributed by atoms with Gasteiger partial charge in [-0.25, -0.2) is 0 Å². The van der Waals surface area contributed by atoms with E-state index in [-0.39, 0.29) is 18.9 Å². The van der Waals surface area contributed by atoms with E-state index < -0.39 is 17.9 Å². The molecule has 2 aromatic heterocycles. The first-order chi connectivity index (χ1) is 16.5. The van der Waals surface area contributed by atoms with Crippen LogP contribution in [-0.4, -0.2) is 44.8 Å². The molecule has 1 fully saturated rings. The smallest absolute Gasteiger partial charge is 0.259 e. The number of aryl methyl sites for hydroxylation is 1. The number of imide groups is 1. The zero-order chi connectivity index (χ0) is 23.6. The van der Waals surface area contributed by atoms with Crippen molar-refractivity contribution in [2.75, 3.05) is 6.61 Å². The standard InChI is InChI=1S/C26H24N4O4/c1-29-11-16(14-6-2-4-8-19(14)29)23-24(26(33)28-25(23)32)17-12-30(20-9-5-3-7-15(17)20)22-10-18(27)21(13-31)34-22/h2-9,11-12,18,21-22,31H,10,13,27H2,1H3,(H,28,32,33)/t18-,21-,22+/m1/s1. The summed E-state index contributed by atoms with van der Waals surface area (Å²) in [5.41, 5.74) is 10.1. The van der Waals surface area contributed by atoms with E-state index in [1.54, 1.807) is 0 Å². The Kier molecular flexibility index (Phi) is 4.70. The van der Waals surface area contributed by atoms with Crippen LogP contribution in [0.2, 0.25) is 0 Å². The number of aromatic nitrogens is 2. The van der Waals surface area contributed by atoms with Gasteiger partial charge in [0, 0.05) is 59.3 Å². The largest absolute Gasteiger partial charge is 0.394 e. The molecule has 4 aromatic rings. The lowest BCUT2D eigenvalue weighted by Gasteiger charge is -2.15. The number of carbonyl (C=O) groups is 2. The molecule has 8 heteroatoms. The number of nitrogens with zero attached hydrogens (tertiary/aromatic N) is 2. The maximum Gasteiger partial charge on any atom is 0.259 e. The molecule has 34 heavy (non-hydrogen) atoms. The number of hydrogen-bond donors (Lipinski definition) is 3. The Morgan fingerprint density at radius 1 is 0.971 bits per heavy atom. The molecule has 4 heterocycles. The SMILES string of the molecule is Cn1cc(C2=C(c3cn([C@@H]4C[C@@H](N)[C@@H](CO)O4)c4ccccc34)C(=O)NC2=O)c2ccccc21.